The lowest BCUT2D eigenvalue weighted by Gasteiger charge is -1.95. The van der Waals surface area contributed by atoms with Gasteiger partial charge in [-0.05, 0) is 23.6 Å². The van der Waals surface area contributed by atoms with Crippen LogP contribution in [-0.2, 0) is 10.4 Å². The number of fused-ring (bicyclic) bond motifs is 3. The van der Waals surface area contributed by atoms with Crippen LogP contribution in [0.2, 0.25) is 0 Å². The van der Waals surface area contributed by atoms with E-state index in [0.717, 1.165) is 27.4 Å². The van der Waals surface area contributed by atoms with Gasteiger partial charge in [0.1, 0.15) is 5.52 Å². The molecule has 4 rings (SSSR count). The molecule has 1 aromatic heterocycles. The third-order valence-electron chi connectivity index (χ3n) is 3.51. The standard InChI is InChI=1S/C17H10N3O.H2O4S/c18-20-13-8-5-12(6-9-13)17-19-16-14-4-2-1-3-11(14)7-10-15(16)21-17;1-5(2,3)4/h1-10H;(H2,1,2,3,4)/q+1;/p-1. The quantitative estimate of drug-likeness (QED) is 0.303. The second-order valence-electron chi connectivity index (χ2n) is 5.23. The van der Waals surface area contributed by atoms with Crippen molar-refractivity contribution in [2.24, 2.45) is 0 Å². The van der Waals surface area contributed by atoms with Gasteiger partial charge in [-0.2, -0.15) is 0 Å². The molecule has 0 aliphatic rings. The van der Waals surface area contributed by atoms with Crippen LogP contribution in [0.3, 0.4) is 0 Å². The number of hydrogen-bond acceptors (Lipinski definition) is 6. The molecule has 0 unspecified atom stereocenters. The van der Waals surface area contributed by atoms with Crippen molar-refractivity contribution in [3.05, 3.63) is 65.6 Å². The van der Waals surface area contributed by atoms with Crippen LogP contribution < -0.4 is 0 Å². The molecule has 0 spiro atoms. The van der Waals surface area contributed by atoms with E-state index in [1.165, 1.54) is 0 Å². The number of benzene rings is 3. The van der Waals surface area contributed by atoms with E-state index in [2.05, 4.69) is 16.0 Å². The second kappa shape index (κ2) is 6.89. The zero-order chi connectivity index (χ0) is 18.7. The minimum Gasteiger partial charge on any atom is -0.726 e. The molecule has 9 heteroatoms. The Balaban J connectivity index is 0.000000349. The summed E-state index contributed by atoms with van der Waals surface area (Å²) in [5, 5.41) is 10.9. The summed E-state index contributed by atoms with van der Waals surface area (Å²) in [6.07, 6.45) is 0. The molecule has 130 valence electrons. The first-order valence-corrected chi connectivity index (χ1v) is 8.64. The minimum atomic E-state index is -4.92. The Bertz CT molecular complexity index is 1220. The van der Waals surface area contributed by atoms with Crippen LogP contribution >= 0.6 is 0 Å². The predicted molar refractivity (Wildman–Crippen MR) is 94.0 cm³/mol. The van der Waals surface area contributed by atoms with Crippen LogP contribution in [0.5, 0.6) is 0 Å². The fourth-order valence-electron chi connectivity index (χ4n) is 2.46. The highest BCUT2D eigenvalue weighted by atomic mass is 32.3. The highest BCUT2D eigenvalue weighted by molar-refractivity contribution is 7.79. The van der Waals surface area contributed by atoms with Gasteiger partial charge in [0.2, 0.25) is 21.7 Å². The first-order valence-electron chi connectivity index (χ1n) is 7.27. The Morgan fingerprint density at radius 3 is 2.35 bits per heavy atom. The molecule has 1 N–H and O–H groups in total. The first-order chi connectivity index (χ1) is 12.3. The lowest BCUT2D eigenvalue weighted by molar-refractivity contribution is 0.366. The van der Waals surface area contributed by atoms with Gasteiger partial charge >= 0.3 is 5.69 Å². The highest BCUT2D eigenvalue weighted by Gasteiger charge is 2.12. The molecule has 4 aromatic rings. The molecule has 26 heavy (non-hydrogen) atoms. The molecule has 1 heterocycles. The van der Waals surface area contributed by atoms with Crippen LogP contribution in [0, 0.1) is 5.39 Å². The fourth-order valence-corrected chi connectivity index (χ4v) is 2.46. The van der Waals surface area contributed by atoms with E-state index in [-0.39, 0.29) is 0 Å². The Kier molecular flexibility index (Phi) is 4.64. The number of nitrogens with zero attached hydrogens (tertiary/aromatic N) is 3. The van der Waals surface area contributed by atoms with E-state index in [1.807, 2.05) is 42.5 Å². The summed E-state index contributed by atoms with van der Waals surface area (Å²) < 4.78 is 38.7. The van der Waals surface area contributed by atoms with Crippen molar-refractivity contribution in [3.8, 4) is 11.5 Å². The van der Waals surface area contributed by atoms with Crippen LogP contribution in [-0.4, -0.2) is 22.5 Å². The largest absolute Gasteiger partial charge is 0.726 e. The molecular formula is C17H11N3O5S. The maximum absolute atomic E-state index is 8.72. The number of rotatable bonds is 1. The summed E-state index contributed by atoms with van der Waals surface area (Å²) >= 11 is 0. The van der Waals surface area contributed by atoms with Crippen LogP contribution in [0.15, 0.2) is 65.1 Å². The normalized spacial score (nSPS) is 11.0. The zero-order valence-corrected chi connectivity index (χ0v) is 13.9. The van der Waals surface area contributed by atoms with E-state index in [1.54, 1.807) is 12.1 Å². The van der Waals surface area contributed by atoms with Gasteiger partial charge in [-0.1, -0.05) is 30.3 Å². The maximum Gasteiger partial charge on any atom is 0.385 e. The molecule has 0 amide bonds. The lowest BCUT2D eigenvalue weighted by Crippen LogP contribution is -1.90. The van der Waals surface area contributed by atoms with Crippen molar-refractivity contribution in [1.82, 2.24) is 4.98 Å². The molecule has 0 saturated heterocycles. The molecule has 0 aliphatic carbocycles. The molecule has 0 saturated carbocycles. The molecule has 3 aromatic carbocycles. The molecule has 0 aliphatic heterocycles. The van der Waals surface area contributed by atoms with E-state index >= 15 is 0 Å². The lowest BCUT2D eigenvalue weighted by atomic mass is 10.1. The molecule has 0 fully saturated rings. The van der Waals surface area contributed by atoms with Gasteiger partial charge in [0.25, 0.3) is 0 Å². The Hall–Kier alpha value is -3.32. The van der Waals surface area contributed by atoms with Crippen molar-refractivity contribution in [3.63, 3.8) is 0 Å². The average molecular weight is 369 g/mol. The van der Waals surface area contributed by atoms with Crippen molar-refractivity contribution in [1.29, 1.82) is 5.39 Å². The number of hydrogen-bond donors (Lipinski definition) is 1. The Morgan fingerprint density at radius 1 is 1.04 bits per heavy atom. The summed E-state index contributed by atoms with van der Waals surface area (Å²) in [7, 11) is -4.92. The fraction of sp³-hybridized carbons (Fsp3) is 0. The van der Waals surface area contributed by atoms with Crippen molar-refractivity contribution >= 4 is 38.0 Å². The van der Waals surface area contributed by atoms with Gasteiger partial charge in [-0.15, -0.1) is 0 Å². The Labute approximate surface area is 147 Å². The topological polar surface area (TPSA) is 132 Å². The average Bonchev–Trinajstić information content (AvgIpc) is 3.05. The van der Waals surface area contributed by atoms with Crippen LogP contribution in [0.4, 0.5) is 5.69 Å². The third-order valence-corrected chi connectivity index (χ3v) is 3.51. The summed E-state index contributed by atoms with van der Waals surface area (Å²) in [5.74, 6) is 0.561. The minimum absolute atomic E-state index is 0.500. The SMILES string of the molecule is N#[N+]c1ccc(-c2nc3c(ccc4ccccc43)o2)cc1.O=S(=O)([O-])O. The van der Waals surface area contributed by atoms with Crippen molar-refractivity contribution < 1.29 is 21.9 Å². The summed E-state index contributed by atoms with van der Waals surface area (Å²) in [6, 6.07) is 19.1. The van der Waals surface area contributed by atoms with Crippen LogP contribution in [0.25, 0.3) is 38.3 Å². The predicted octanol–water partition coefficient (Wildman–Crippen LogP) is 4.14. The summed E-state index contributed by atoms with van der Waals surface area (Å²) in [6.45, 7) is 0. The third kappa shape index (κ3) is 4.01. The molecule has 0 bridgehead atoms. The molecule has 8 nitrogen and oxygen atoms in total. The second-order valence-corrected chi connectivity index (χ2v) is 6.08. The van der Waals surface area contributed by atoms with E-state index in [4.69, 9.17) is 27.3 Å². The highest BCUT2D eigenvalue weighted by Crippen LogP contribution is 2.30. The molecule has 0 radical (unpaired) electrons. The summed E-state index contributed by atoms with van der Waals surface area (Å²) in [4.78, 5) is 7.74. The maximum atomic E-state index is 8.72. The van der Waals surface area contributed by atoms with E-state index in [0.29, 0.717) is 11.6 Å². The van der Waals surface area contributed by atoms with Crippen molar-refractivity contribution in [2.75, 3.05) is 0 Å². The van der Waals surface area contributed by atoms with Gasteiger partial charge in [-0.3, -0.25) is 4.55 Å². The van der Waals surface area contributed by atoms with E-state index in [9.17, 15) is 0 Å². The van der Waals surface area contributed by atoms with Gasteiger partial charge in [0.05, 0.1) is 0 Å². The number of oxazole rings is 1. The van der Waals surface area contributed by atoms with Gasteiger partial charge in [0.15, 0.2) is 10.6 Å². The monoisotopic (exact) mass is 369 g/mol. The zero-order valence-electron chi connectivity index (χ0n) is 13.1. The number of aromatic nitrogens is 1. The summed E-state index contributed by atoms with van der Waals surface area (Å²) in [5.41, 5.74) is 2.97. The number of diazo groups is 1. The molecule has 0 atom stereocenters. The molecular weight excluding hydrogens is 358 g/mol. The van der Waals surface area contributed by atoms with E-state index < -0.39 is 10.4 Å². The van der Waals surface area contributed by atoms with Crippen LogP contribution in [0.1, 0.15) is 0 Å². The van der Waals surface area contributed by atoms with Crippen molar-refractivity contribution in [2.45, 2.75) is 0 Å². The van der Waals surface area contributed by atoms with Gasteiger partial charge in [0, 0.05) is 23.1 Å². The van der Waals surface area contributed by atoms with Gasteiger partial charge < -0.3 is 8.97 Å². The first kappa shape index (κ1) is 17.5. The smallest absolute Gasteiger partial charge is 0.385 e. The Morgan fingerprint density at radius 2 is 1.69 bits per heavy atom. The van der Waals surface area contributed by atoms with Gasteiger partial charge in [-0.25, -0.2) is 13.4 Å².